The number of nitrogens with zero attached hydrogens (tertiary/aromatic N) is 5. The first kappa shape index (κ1) is 17.5. The van der Waals surface area contributed by atoms with Crippen LogP contribution >= 0.6 is 0 Å². The smallest absolute Gasteiger partial charge is 0.354 e. The van der Waals surface area contributed by atoms with E-state index in [1.165, 1.54) is 6.92 Å². The summed E-state index contributed by atoms with van der Waals surface area (Å²) in [4.78, 5) is 40.6. The molecule has 0 N–H and O–H groups in total. The van der Waals surface area contributed by atoms with Gasteiger partial charge in [0.1, 0.15) is 6.07 Å². The van der Waals surface area contributed by atoms with E-state index in [0.717, 1.165) is 7.05 Å². The highest BCUT2D eigenvalue weighted by molar-refractivity contribution is 5.83. The van der Waals surface area contributed by atoms with Gasteiger partial charge in [-0.2, -0.15) is 0 Å². The highest BCUT2D eigenvalue weighted by Crippen LogP contribution is 2.49. The van der Waals surface area contributed by atoms with Gasteiger partial charge < -0.3 is 4.74 Å². The van der Waals surface area contributed by atoms with Gasteiger partial charge in [0, 0.05) is 0 Å². The van der Waals surface area contributed by atoms with Crippen molar-refractivity contribution in [1.29, 1.82) is 0 Å². The predicted octanol–water partition coefficient (Wildman–Crippen LogP) is 1.44. The number of nitro benzene ring substituents is 3. The molecule has 0 atom stereocenters. The molecule has 0 aliphatic carbocycles. The molecule has 0 aromatic heterocycles. The minimum atomic E-state index is -1.23. The van der Waals surface area contributed by atoms with Gasteiger partial charge in [-0.25, -0.2) is 10.1 Å². The van der Waals surface area contributed by atoms with E-state index in [2.05, 4.69) is 0 Å². The number of benzene rings is 1. The van der Waals surface area contributed by atoms with E-state index in [0.29, 0.717) is 6.07 Å². The van der Waals surface area contributed by atoms with Crippen LogP contribution in [0.1, 0.15) is 6.92 Å². The molecule has 0 amide bonds. The molecular weight excluding hydrogens is 322 g/mol. The SMILES string of the molecule is CCOc1c([N+](=O)[O-])cc([N+](=O)[O-])c(N(C)[N+](=O)[O-])c1[N+](=O)[O-]. The molecule has 0 saturated heterocycles. The molecule has 23 heavy (non-hydrogen) atoms. The molecule has 0 fully saturated rings. The van der Waals surface area contributed by atoms with E-state index < -0.39 is 48.3 Å². The maximum atomic E-state index is 11.2. The zero-order valence-corrected chi connectivity index (χ0v) is 11.7. The fourth-order valence-electron chi connectivity index (χ4n) is 1.75. The summed E-state index contributed by atoms with van der Waals surface area (Å²) in [5.41, 5.74) is -4.46. The van der Waals surface area contributed by atoms with E-state index in [1.807, 2.05) is 0 Å². The zero-order chi connectivity index (χ0) is 17.9. The molecule has 1 rings (SSSR count). The van der Waals surface area contributed by atoms with Crippen LogP contribution in [0.25, 0.3) is 0 Å². The summed E-state index contributed by atoms with van der Waals surface area (Å²) in [6.45, 7) is 1.13. The minimum Gasteiger partial charge on any atom is -0.482 e. The Kier molecular flexibility index (Phi) is 4.91. The highest BCUT2D eigenvalue weighted by Gasteiger charge is 2.43. The second-order valence-electron chi connectivity index (χ2n) is 3.91. The molecule has 1 aromatic carbocycles. The van der Waals surface area contributed by atoms with Gasteiger partial charge in [-0.1, -0.05) is 5.01 Å². The molecule has 14 heteroatoms. The fourth-order valence-corrected chi connectivity index (χ4v) is 1.75. The number of anilines is 1. The van der Waals surface area contributed by atoms with E-state index in [4.69, 9.17) is 4.74 Å². The average molecular weight is 331 g/mol. The highest BCUT2D eigenvalue weighted by atomic mass is 16.7. The third kappa shape index (κ3) is 3.20. The largest absolute Gasteiger partial charge is 0.482 e. The predicted molar refractivity (Wildman–Crippen MR) is 73.0 cm³/mol. The van der Waals surface area contributed by atoms with E-state index in [1.54, 1.807) is 0 Å². The van der Waals surface area contributed by atoms with Crippen LogP contribution in [0, 0.1) is 40.5 Å². The van der Waals surface area contributed by atoms with Crippen LogP contribution in [-0.4, -0.2) is 33.5 Å². The molecular formula is C9H9N5O9. The van der Waals surface area contributed by atoms with E-state index in [9.17, 15) is 40.5 Å². The minimum absolute atomic E-state index is 0.0303. The van der Waals surface area contributed by atoms with Gasteiger partial charge >= 0.3 is 17.1 Å². The van der Waals surface area contributed by atoms with Crippen LogP contribution in [0.2, 0.25) is 0 Å². The van der Waals surface area contributed by atoms with Crippen molar-refractivity contribution in [3.05, 3.63) is 46.5 Å². The van der Waals surface area contributed by atoms with Crippen molar-refractivity contribution >= 4 is 22.7 Å². The van der Waals surface area contributed by atoms with Gasteiger partial charge in [-0.3, -0.25) is 30.3 Å². The summed E-state index contributed by atoms with van der Waals surface area (Å²) in [5, 5.41) is 43.0. The Hall–Kier alpha value is -3.58. The van der Waals surface area contributed by atoms with Crippen molar-refractivity contribution in [1.82, 2.24) is 0 Å². The maximum Gasteiger partial charge on any atom is 0.354 e. The first-order valence-corrected chi connectivity index (χ1v) is 5.78. The van der Waals surface area contributed by atoms with Crippen molar-refractivity contribution in [2.45, 2.75) is 6.92 Å². The lowest BCUT2D eigenvalue weighted by molar-refractivity contribution is -0.493. The van der Waals surface area contributed by atoms with Gasteiger partial charge in [0.15, 0.2) is 5.03 Å². The lowest BCUT2D eigenvalue weighted by atomic mass is 10.1. The topological polar surface area (TPSA) is 185 Å². The van der Waals surface area contributed by atoms with Crippen LogP contribution < -0.4 is 9.75 Å². The third-order valence-corrected chi connectivity index (χ3v) is 2.62. The van der Waals surface area contributed by atoms with Crippen LogP contribution in [0.5, 0.6) is 5.75 Å². The Morgan fingerprint density at radius 1 is 1.00 bits per heavy atom. The summed E-state index contributed by atoms with van der Waals surface area (Å²) in [7, 11) is 0.733. The van der Waals surface area contributed by atoms with Crippen molar-refractivity contribution in [3.8, 4) is 5.75 Å². The van der Waals surface area contributed by atoms with E-state index >= 15 is 0 Å². The lowest BCUT2D eigenvalue weighted by Crippen LogP contribution is -2.26. The van der Waals surface area contributed by atoms with Crippen LogP contribution in [0.15, 0.2) is 6.07 Å². The van der Waals surface area contributed by atoms with Crippen molar-refractivity contribution < 1.29 is 24.5 Å². The molecule has 0 bridgehead atoms. The fraction of sp³-hybridized carbons (Fsp3) is 0.333. The van der Waals surface area contributed by atoms with Crippen molar-refractivity contribution in [2.75, 3.05) is 18.7 Å². The molecule has 0 saturated carbocycles. The van der Waals surface area contributed by atoms with Gasteiger partial charge in [-0.05, 0) is 6.92 Å². The second-order valence-corrected chi connectivity index (χ2v) is 3.91. The van der Waals surface area contributed by atoms with Crippen LogP contribution in [-0.2, 0) is 0 Å². The van der Waals surface area contributed by atoms with E-state index in [-0.39, 0.29) is 11.6 Å². The second kappa shape index (κ2) is 6.46. The summed E-state index contributed by atoms with van der Waals surface area (Å²) in [6, 6.07) is 0.382. The molecule has 0 heterocycles. The number of rotatable bonds is 7. The van der Waals surface area contributed by atoms with Gasteiger partial charge in [0.2, 0.25) is 0 Å². The number of hydrogen-bond acceptors (Lipinski definition) is 9. The Morgan fingerprint density at radius 2 is 1.52 bits per heavy atom. The monoisotopic (exact) mass is 331 g/mol. The third-order valence-electron chi connectivity index (χ3n) is 2.62. The maximum absolute atomic E-state index is 11.2. The number of hydrogen-bond donors (Lipinski definition) is 0. The molecule has 1 aromatic rings. The standard InChI is InChI=1S/C9H9N5O9/c1-3-23-9-6(12(17)18)4-5(11(15)16)7(8(9)13(19)20)10(2)14(21)22/h4H,3H2,1-2H3. The van der Waals surface area contributed by atoms with Crippen LogP contribution in [0.3, 0.4) is 0 Å². The molecule has 0 spiro atoms. The Morgan fingerprint density at radius 3 is 1.87 bits per heavy atom. The Labute approximate surface area is 126 Å². The first-order chi connectivity index (χ1) is 10.6. The number of hydrazine groups is 1. The number of nitro groups is 4. The summed E-state index contributed by atoms with van der Waals surface area (Å²) < 4.78 is 4.84. The zero-order valence-electron chi connectivity index (χ0n) is 11.7. The van der Waals surface area contributed by atoms with Crippen molar-refractivity contribution in [3.63, 3.8) is 0 Å². The van der Waals surface area contributed by atoms with Gasteiger partial charge in [0.05, 0.1) is 28.4 Å². The summed E-state index contributed by atoms with van der Waals surface area (Å²) in [5.74, 6) is -0.892. The molecule has 0 aliphatic heterocycles. The molecule has 0 unspecified atom stereocenters. The molecule has 124 valence electrons. The van der Waals surface area contributed by atoms with Gasteiger partial charge in [0.25, 0.3) is 11.4 Å². The summed E-state index contributed by atoms with van der Waals surface area (Å²) >= 11 is 0. The number of ether oxygens (including phenoxy) is 1. The van der Waals surface area contributed by atoms with Gasteiger partial charge in [-0.15, -0.1) is 0 Å². The molecule has 0 radical (unpaired) electrons. The average Bonchev–Trinajstić information content (AvgIpc) is 2.44. The van der Waals surface area contributed by atoms with Crippen LogP contribution in [0.4, 0.5) is 22.7 Å². The van der Waals surface area contributed by atoms with Crippen molar-refractivity contribution in [2.24, 2.45) is 0 Å². The normalized spacial score (nSPS) is 10.0. The molecule has 0 aliphatic rings. The summed E-state index contributed by atoms with van der Waals surface area (Å²) in [6.07, 6.45) is 0. The Bertz CT molecular complexity index is 703. The quantitative estimate of drug-likeness (QED) is 0.522. The Balaban J connectivity index is 4.01. The first-order valence-electron chi connectivity index (χ1n) is 5.78. The lowest BCUT2D eigenvalue weighted by Gasteiger charge is -2.12. The molecule has 14 nitrogen and oxygen atoms in total.